The van der Waals surface area contributed by atoms with E-state index < -0.39 is 8.07 Å². The Balaban J connectivity index is 2.07. The summed E-state index contributed by atoms with van der Waals surface area (Å²) in [6.07, 6.45) is 14.6. The first kappa shape index (κ1) is 23.7. The molecule has 1 aliphatic carbocycles. The predicted octanol–water partition coefficient (Wildman–Crippen LogP) is 7.59. The van der Waals surface area contributed by atoms with Gasteiger partial charge in [-0.25, -0.2) is 4.79 Å². The second-order valence-corrected chi connectivity index (χ2v) is 14.5. The molecule has 0 heterocycles. The van der Waals surface area contributed by atoms with Crippen molar-refractivity contribution >= 4 is 14.0 Å². The molecule has 2 atom stereocenters. The van der Waals surface area contributed by atoms with Crippen LogP contribution in [0.2, 0.25) is 19.6 Å². The van der Waals surface area contributed by atoms with Gasteiger partial charge in [-0.3, -0.25) is 0 Å². The van der Waals surface area contributed by atoms with E-state index in [9.17, 15) is 4.79 Å². The lowest BCUT2D eigenvalue weighted by molar-refractivity contribution is -0.146. The third kappa shape index (κ3) is 8.73. The highest BCUT2D eigenvalue weighted by molar-refractivity contribution is 6.81. The summed E-state index contributed by atoms with van der Waals surface area (Å²) < 4.78 is 6.13. The molecule has 1 aromatic carbocycles. The molecule has 1 fully saturated rings. The van der Waals surface area contributed by atoms with Gasteiger partial charge in [-0.2, -0.15) is 0 Å². The summed E-state index contributed by atoms with van der Waals surface area (Å²) in [5.74, 6) is 0.185. The molecule has 0 aromatic heterocycles. The molecule has 0 amide bonds. The van der Waals surface area contributed by atoms with E-state index in [4.69, 9.17) is 4.74 Å². The summed E-state index contributed by atoms with van der Waals surface area (Å²) in [4.78, 5) is 13.1. The largest absolute Gasteiger partial charge is 0.458 e. The minimum atomic E-state index is -1.53. The van der Waals surface area contributed by atoms with Crippen molar-refractivity contribution in [1.82, 2.24) is 0 Å². The quantitative estimate of drug-likeness (QED) is 0.130. The SMILES string of the molecule is CCCCCC/C=C/C(=C\[Si](C)(C)C)C(=O)O[C@H]1CCCC[C@@H]1c1ccccc1. The number of hydrogen-bond acceptors (Lipinski definition) is 2. The van der Waals surface area contributed by atoms with E-state index in [1.165, 1.54) is 37.7 Å². The molecule has 0 aliphatic heterocycles. The molecule has 2 nitrogen and oxygen atoms in total. The molecule has 0 radical (unpaired) electrons. The van der Waals surface area contributed by atoms with Crippen molar-refractivity contribution in [3.8, 4) is 0 Å². The molecule has 0 unspecified atom stereocenters. The Hall–Kier alpha value is -1.61. The molecule has 3 heteroatoms. The Morgan fingerprint density at radius 2 is 1.79 bits per heavy atom. The van der Waals surface area contributed by atoms with Crippen LogP contribution in [0, 0.1) is 0 Å². The monoisotopic (exact) mass is 412 g/mol. The highest BCUT2D eigenvalue weighted by atomic mass is 28.3. The zero-order chi connectivity index (χ0) is 21.1. The highest BCUT2D eigenvalue weighted by Gasteiger charge is 2.30. The van der Waals surface area contributed by atoms with Crippen molar-refractivity contribution in [2.24, 2.45) is 0 Å². The molecule has 2 rings (SSSR count). The minimum Gasteiger partial charge on any atom is -0.458 e. The van der Waals surface area contributed by atoms with Gasteiger partial charge < -0.3 is 4.74 Å². The van der Waals surface area contributed by atoms with E-state index in [0.29, 0.717) is 5.92 Å². The van der Waals surface area contributed by atoms with Crippen molar-refractivity contribution in [2.75, 3.05) is 0 Å². The maximum absolute atomic E-state index is 13.1. The molecule has 29 heavy (non-hydrogen) atoms. The molecular formula is C26H40O2Si. The minimum absolute atomic E-state index is 0.0124. The summed E-state index contributed by atoms with van der Waals surface area (Å²) in [7, 11) is -1.53. The van der Waals surface area contributed by atoms with Crippen LogP contribution >= 0.6 is 0 Å². The van der Waals surface area contributed by atoms with Crippen LogP contribution in [0.1, 0.15) is 76.2 Å². The standard InChI is InChI=1S/C26H40O2Si/c1-5-6-7-8-9-11-18-23(21-29(2,3)4)26(27)28-25-20-15-14-19-24(25)22-16-12-10-13-17-22/h10-13,16-18,21,24-25H,5-9,14-15,19-20H2,1-4H3/b18-11+,23-21+/t24-,25+/m1/s1. The predicted molar refractivity (Wildman–Crippen MR) is 127 cm³/mol. The Morgan fingerprint density at radius 3 is 2.48 bits per heavy atom. The van der Waals surface area contributed by atoms with E-state index in [0.717, 1.165) is 31.3 Å². The molecule has 160 valence electrons. The van der Waals surface area contributed by atoms with Crippen LogP contribution in [0.5, 0.6) is 0 Å². The van der Waals surface area contributed by atoms with E-state index in [1.807, 2.05) is 12.1 Å². The zero-order valence-electron chi connectivity index (χ0n) is 19.0. The molecule has 1 saturated carbocycles. The first-order chi connectivity index (χ1) is 13.9. The van der Waals surface area contributed by atoms with E-state index in [1.54, 1.807) is 0 Å². The molecule has 0 N–H and O–H groups in total. The first-order valence-corrected chi connectivity index (χ1v) is 15.1. The Labute approximate surface area is 179 Å². The summed E-state index contributed by atoms with van der Waals surface area (Å²) >= 11 is 0. The third-order valence-corrected chi connectivity index (χ3v) is 6.71. The maximum Gasteiger partial charge on any atom is 0.337 e. The zero-order valence-corrected chi connectivity index (χ0v) is 20.0. The second-order valence-electron chi connectivity index (χ2n) is 9.46. The van der Waals surface area contributed by atoms with Crippen LogP contribution in [0.3, 0.4) is 0 Å². The van der Waals surface area contributed by atoms with Gasteiger partial charge in [-0.1, -0.05) is 100 Å². The lowest BCUT2D eigenvalue weighted by Crippen LogP contribution is -2.30. The Bertz CT molecular complexity index is 670. The van der Waals surface area contributed by atoms with Gasteiger partial charge in [0.1, 0.15) is 6.10 Å². The number of ether oxygens (including phenoxy) is 1. The van der Waals surface area contributed by atoms with Crippen LogP contribution in [0.15, 0.2) is 53.8 Å². The maximum atomic E-state index is 13.1. The lowest BCUT2D eigenvalue weighted by Gasteiger charge is -2.31. The smallest absolute Gasteiger partial charge is 0.337 e. The second kappa shape index (κ2) is 12.2. The van der Waals surface area contributed by atoms with Gasteiger partial charge in [0.2, 0.25) is 0 Å². The molecular weight excluding hydrogens is 372 g/mol. The molecule has 0 bridgehead atoms. The normalized spacial score (nSPS) is 20.8. The first-order valence-electron chi connectivity index (χ1n) is 11.6. The van der Waals surface area contributed by atoms with Gasteiger partial charge >= 0.3 is 5.97 Å². The topological polar surface area (TPSA) is 26.3 Å². The van der Waals surface area contributed by atoms with Crippen LogP contribution in [0.25, 0.3) is 0 Å². The molecule has 0 saturated heterocycles. The summed E-state index contributed by atoms with van der Waals surface area (Å²) in [6, 6.07) is 10.6. The fraction of sp³-hybridized carbons (Fsp3) is 0.577. The van der Waals surface area contributed by atoms with Gasteiger partial charge in [0.05, 0.1) is 13.6 Å². The number of hydrogen-bond donors (Lipinski definition) is 0. The van der Waals surface area contributed by atoms with Gasteiger partial charge in [-0.15, -0.1) is 0 Å². The van der Waals surface area contributed by atoms with Crippen LogP contribution in [0.4, 0.5) is 0 Å². The van der Waals surface area contributed by atoms with Crippen molar-refractivity contribution in [3.63, 3.8) is 0 Å². The summed E-state index contributed by atoms with van der Waals surface area (Å²) in [5, 5.41) is 0. The van der Waals surface area contributed by atoms with E-state index in [-0.39, 0.29) is 12.1 Å². The summed E-state index contributed by atoms with van der Waals surface area (Å²) in [5.41, 5.74) is 4.25. The van der Waals surface area contributed by atoms with Gasteiger partial charge in [0.25, 0.3) is 0 Å². The van der Waals surface area contributed by atoms with Crippen LogP contribution in [-0.2, 0) is 9.53 Å². The van der Waals surface area contributed by atoms with Gasteiger partial charge in [0, 0.05) is 5.92 Å². The van der Waals surface area contributed by atoms with Gasteiger partial charge in [-0.05, 0) is 37.7 Å². The van der Waals surface area contributed by atoms with Crippen molar-refractivity contribution in [1.29, 1.82) is 0 Å². The average Bonchev–Trinajstić information content (AvgIpc) is 2.70. The van der Waals surface area contributed by atoms with Crippen molar-refractivity contribution in [2.45, 2.75) is 96.4 Å². The van der Waals surface area contributed by atoms with Crippen LogP contribution < -0.4 is 0 Å². The highest BCUT2D eigenvalue weighted by Crippen LogP contribution is 2.35. The fourth-order valence-electron chi connectivity index (χ4n) is 4.07. The number of carbonyl (C=O) groups is 1. The number of unbranched alkanes of at least 4 members (excludes halogenated alkanes) is 4. The average molecular weight is 413 g/mol. The van der Waals surface area contributed by atoms with Gasteiger partial charge in [0.15, 0.2) is 0 Å². The van der Waals surface area contributed by atoms with E-state index in [2.05, 4.69) is 62.6 Å². The van der Waals surface area contributed by atoms with E-state index >= 15 is 0 Å². The Morgan fingerprint density at radius 1 is 1.07 bits per heavy atom. The lowest BCUT2D eigenvalue weighted by atomic mass is 9.81. The number of allylic oxidation sites excluding steroid dienone is 1. The number of esters is 1. The number of rotatable bonds is 10. The fourth-order valence-corrected chi connectivity index (χ4v) is 5.21. The third-order valence-electron chi connectivity index (χ3n) is 5.53. The number of carbonyl (C=O) groups excluding carboxylic acids is 1. The number of benzene rings is 1. The van der Waals surface area contributed by atoms with Crippen molar-refractivity contribution in [3.05, 3.63) is 59.3 Å². The van der Waals surface area contributed by atoms with Crippen molar-refractivity contribution < 1.29 is 9.53 Å². The molecule has 1 aliphatic rings. The summed E-state index contributed by atoms with van der Waals surface area (Å²) in [6.45, 7) is 9.03. The Kier molecular flexibility index (Phi) is 9.93. The molecule has 0 spiro atoms. The molecule has 1 aromatic rings. The van der Waals surface area contributed by atoms with Crippen LogP contribution in [-0.4, -0.2) is 20.1 Å².